The standard InChI is InChI=1S/C18H14N2O4S2/c21-18-19-15-9-8-13(20-26(22,23)16-7-4-10-25-16)11-14(15)17(24-18)12-5-2-1-3-6-12/h1-11,17,20H,(H,19,21). The Morgan fingerprint density at radius 2 is 1.85 bits per heavy atom. The second-order valence-corrected chi connectivity index (χ2v) is 8.52. The molecule has 1 amide bonds. The highest BCUT2D eigenvalue weighted by Crippen LogP contribution is 2.37. The fraction of sp³-hybridized carbons (Fsp3) is 0.0556. The summed E-state index contributed by atoms with van der Waals surface area (Å²) in [5, 5.41) is 4.35. The van der Waals surface area contributed by atoms with Crippen LogP contribution in [0.2, 0.25) is 0 Å². The lowest BCUT2D eigenvalue weighted by Gasteiger charge is -2.27. The summed E-state index contributed by atoms with van der Waals surface area (Å²) >= 11 is 1.14. The molecule has 1 aliphatic heterocycles. The van der Waals surface area contributed by atoms with Crippen LogP contribution in [0.25, 0.3) is 0 Å². The number of hydrogen-bond donors (Lipinski definition) is 2. The highest BCUT2D eigenvalue weighted by molar-refractivity contribution is 7.94. The van der Waals surface area contributed by atoms with Crippen molar-refractivity contribution in [3.8, 4) is 0 Å². The van der Waals surface area contributed by atoms with Crippen molar-refractivity contribution in [2.75, 3.05) is 10.0 Å². The van der Waals surface area contributed by atoms with E-state index in [9.17, 15) is 13.2 Å². The lowest BCUT2D eigenvalue weighted by molar-refractivity contribution is 0.126. The van der Waals surface area contributed by atoms with Gasteiger partial charge in [0, 0.05) is 11.3 Å². The predicted octanol–water partition coefficient (Wildman–Crippen LogP) is 4.20. The Morgan fingerprint density at radius 1 is 1.04 bits per heavy atom. The Kier molecular flexibility index (Phi) is 4.14. The molecule has 26 heavy (non-hydrogen) atoms. The monoisotopic (exact) mass is 386 g/mol. The minimum atomic E-state index is -3.65. The predicted molar refractivity (Wildman–Crippen MR) is 100.0 cm³/mol. The number of ether oxygens (including phenoxy) is 1. The lowest BCUT2D eigenvalue weighted by atomic mass is 9.98. The van der Waals surface area contributed by atoms with Crippen molar-refractivity contribution >= 4 is 38.8 Å². The van der Waals surface area contributed by atoms with E-state index in [4.69, 9.17) is 4.74 Å². The second-order valence-electron chi connectivity index (χ2n) is 5.66. The molecule has 0 bridgehead atoms. The quantitative estimate of drug-likeness (QED) is 0.704. The summed E-state index contributed by atoms with van der Waals surface area (Å²) in [6.45, 7) is 0. The van der Waals surface area contributed by atoms with Gasteiger partial charge in [0.25, 0.3) is 10.0 Å². The van der Waals surface area contributed by atoms with Crippen LogP contribution >= 0.6 is 11.3 Å². The summed E-state index contributed by atoms with van der Waals surface area (Å²) in [7, 11) is -3.65. The third-order valence-corrected chi connectivity index (χ3v) is 6.69. The molecule has 0 saturated carbocycles. The van der Waals surface area contributed by atoms with Crippen molar-refractivity contribution in [1.82, 2.24) is 0 Å². The van der Waals surface area contributed by atoms with Gasteiger partial charge in [-0.1, -0.05) is 36.4 Å². The van der Waals surface area contributed by atoms with E-state index in [1.165, 1.54) is 0 Å². The molecule has 6 nitrogen and oxygen atoms in total. The second kappa shape index (κ2) is 6.47. The van der Waals surface area contributed by atoms with Crippen molar-refractivity contribution in [3.05, 3.63) is 77.2 Å². The molecular formula is C18H14N2O4S2. The number of nitrogens with one attached hydrogen (secondary N) is 2. The van der Waals surface area contributed by atoms with Gasteiger partial charge in [0.15, 0.2) is 6.10 Å². The molecule has 2 aromatic carbocycles. The van der Waals surface area contributed by atoms with E-state index in [1.54, 1.807) is 35.7 Å². The Morgan fingerprint density at radius 3 is 2.58 bits per heavy atom. The zero-order valence-corrected chi connectivity index (χ0v) is 15.0. The van der Waals surface area contributed by atoms with Crippen molar-refractivity contribution in [3.63, 3.8) is 0 Å². The van der Waals surface area contributed by atoms with E-state index < -0.39 is 22.2 Å². The minimum Gasteiger partial charge on any atom is -0.436 e. The van der Waals surface area contributed by atoms with Crippen LogP contribution in [-0.2, 0) is 14.8 Å². The SMILES string of the molecule is O=C1Nc2ccc(NS(=O)(=O)c3cccs3)cc2C(c2ccccc2)O1. The van der Waals surface area contributed by atoms with Crippen LogP contribution in [0.5, 0.6) is 0 Å². The average molecular weight is 386 g/mol. The summed E-state index contributed by atoms with van der Waals surface area (Å²) in [4.78, 5) is 11.8. The van der Waals surface area contributed by atoms with E-state index >= 15 is 0 Å². The van der Waals surface area contributed by atoms with Crippen LogP contribution in [0.4, 0.5) is 16.2 Å². The maximum Gasteiger partial charge on any atom is 0.412 e. The number of sulfonamides is 1. The normalized spacial score (nSPS) is 16.3. The Balaban J connectivity index is 1.72. The van der Waals surface area contributed by atoms with Crippen LogP contribution in [-0.4, -0.2) is 14.5 Å². The van der Waals surface area contributed by atoms with Gasteiger partial charge in [-0.15, -0.1) is 11.3 Å². The summed E-state index contributed by atoms with van der Waals surface area (Å²) in [5.41, 5.74) is 2.48. The Labute approximate surface area is 154 Å². The Hall–Kier alpha value is -2.84. The van der Waals surface area contributed by atoms with Crippen LogP contribution < -0.4 is 10.0 Å². The zero-order valence-electron chi connectivity index (χ0n) is 13.4. The van der Waals surface area contributed by atoms with Gasteiger partial charge in [0.2, 0.25) is 0 Å². The van der Waals surface area contributed by atoms with E-state index in [0.29, 0.717) is 16.9 Å². The number of carbonyl (C=O) groups excluding carboxylic acids is 1. The summed E-state index contributed by atoms with van der Waals surface area (Å²) < 4.78 is 33.1. The summed E-state index contributed by atoms with van der Waals surface area (Å²) in [6.07, 6.45) is -1.15. The molecule has 132 valence electrons. The van der Waals surface area contributed by atoms with E-state index in [-0.39, 0.29) is 4.21 Å². The number of fused-ring (bicyclic) bond motifs is 1. The van der Waals surface area contributed by atoms with Crippen molar-refractivity contribution in [2.24, 2.45) is 0 Å². The number of cyclic esters (lactones) is 1. The van der Waals surface area contributed by atoms with Gasteiger partial charge in [-0.3, -0.25) is 10.0 Å². The molecule has 0 saturated heterocycles. The first-order valence-electron chi connectivity index (χ1n) is 7.76. The molecule has 0 spiro atoms. The smallest absolute Gasteiger partial charge is 0.412 e. The van der Waals surface area contributed by atoms with Crippen molar-refractivity contribution in [1.29, 1.82) is 0 Å². The largest absolute Gasteiger partial charge is 0.436 e. The van der Waals surface area contributed by atoms with E-state index in [2.05, 4.69) is 10.0 Å². The fourth-order valence-corrected chi connectivity index (χ4v) is 4.81. The number of amides is 1. The molecule has 3 aromatic rings. The van der Waals surface area contributed by atoms with Crippen LogP contribution in [0.3, 0.4) is 0 Å². The highest BCUT2D eigenvalue weighted by atomic mass is 32.2. The molecule has 2 N–H and O–H groups in total. The first-order valence-corrected chi connectivity index (χ1v) is 10.1. The number of rotatable bonds is 4. The molecule has 0 radical (unpaired) electrons. The first kappa shape index (κ1) is 16.6. The molecule has 0 fully saturated rings. The third-order valence-electron chi connectivity index (χ3n) is 3.91. The molecule has 4 rings (SSSR count). The fourth-order valence-electron chi connectivity index (χ4n) is 2.76. The molecular weight excluding hydrogens is 372 g/mol. The van der Waals surface area contributed by atoms with Crippen molar-refractivity contribution < 1.29 is 17.9 Å². The first-order chi connectivity index (χ1) is 12.5. The topological polar surface area (TPSA) is 84.5 Å². The van der Waals surface area contributed by atoms with Gasteiger partial charge in [-0.05, 0) is 35.2 Å². The van der Waals surface area contributed by atoms with Gasteiger partial charge in [0.05, 0.1) is 5.69 Å². The maximum absolute atomic E-state index is 12.4. The lowest BCUT2D eigenvalue weighted by Crippen LogP contribution is -2.25. The summed E-state index contributed by atoms with van der Waals surface area (Å²) in [6, 6.07) is 17.5. The van der Waals surface area contributed by atoms with E-state index in [1.807, 2.05) is 30.3 Å². The van der Waals surface area contributed by atoms with Crippen molar-refractivity contribution in [2.45, 2.75) is 10.3 Å². The highest BCUT2D eigenvalue weighted by Gasteiger charge is 2.28. The Bertz CT molecular complexity index is 1050. The summed E-state index contributed by atoms with van der Waals surface area (Å²) in [5.74, 6) is 0. The molecule has 1 aromatic heterocycles. The molecule has 1 unspecified atom stereocenters. The maximum atomic E-state index is 12.4. The number of benzene rings is 2. The number of anilines is 2. The molecule has 1 aliphatic rings. The molecule has 1 atom stereocenters. The number of hydrogen-bond acceptors (Lipinski definition) is 5. The van der Waals surface area contributed by atoms with Gasteiger partial charge in [-0.2, -0.15) is 0 Å². The van der Waals surface area contributed by atoms with Gasteiger partial charge >= 0.3 is 6.09 Å². The zero-order chi connectivity index (χ0) is 18.1. The van der Waals surface area contributed by atoms with E-state index in [0.717, 1.165) is 16.9 Å². The molecule has 2 heterocycles. The van der Waals surface area contributed by atoms with Gasteiger partial charge in [0.1, 0.15) is 4.21 Å². The van der Waals surface area contributed by atoms with Gasteiger partial charge in [-0.25, -0.2) is 13.2 Å². The molecule has 0 aliphatic carbocycles. The van der Waals surface area contributed by atoms with Crippen LogP contribution in [0.15, 0.2) is 70.3 Å². The molecule has 8 heteroatoms. The van der Waals surface area contributed by atoms with Crippen LogP contribution in [0.1, 0.15) is 17.2 Å². The van der Waals surface area contributed by atoms with Crippen LogP contribution in [0, 0.1) is 0 Å². The number of thiophene rings is 1. The minimum absolute atomic E-state index is 0.236. The van der Waals surface area contributed by atoms with Gasteiger partial charge < -0.3 is 4.74 Å². The average Bonchev–Trinajstić information content (AvgIpc) is 3.17. The number of carbonyl (C=O) groups is 1. The third kappa shape index (κ3) is 3.16.